The van der Waals surface area contributed by atoms with Crippen molar-refractivity contribution in [2.75, 3.05) is 26.2 Å². The van der Waals surface area contributed by atoms with Crippen LogP contribution in [-0.4, -0.2) is 58.2 Å². The van der Waals surface area contributed by atoms with E-state index in [0.717, 1.165) is 17.7 Å². The summed E-state index contributed by atoms with van der Waals surface area (Å²) in [7, 11) is 0. The van der Waals surface area contributed by atoms with E-state index in [1.165, 1.54) is 17.0 Å². The fourth-order valence-electron chi connectivity index (χ4n) is 4.66. The molecule has 0 aromatic heterocycles. The fraction of sp³-hybridized carbons (Fsp3) is 0.417. The van der Waals surface area contributed by atoms with Gasteiger partial charge >= 0.3 is 12.3 Å². The Hall–Kier alpha value is -3.07. The van der Waals surface area contributed by atoms with Crippen LogP contribution < -0.4 is 0 Å². The van der Waals surface area contributed by atoms with Gasteiger partial charge in [-0.15, -0.1) is 0 Å². The molecule has 2 aliphatic rings. The predicted octanol–water partition coefficient (Wildman–Crippen LogP) is 4.30. The molecule has 0 radical (unpaired) electrons. The van der Waals surface area contributed by atoms with Crippen LogP contribution in [0.5, 0.6) is 0 Å². The third-order valence-corrected chi connectivity index (χ3v) is 6.68. The van der Waals surface area contributed by atoms with E-state index in [1.54, 1.807) is 29.2 Å². The zero-order valence-electron chi connectivity index (χ0n) is 17.9. The first-order chi connectivity index (χ1) is 15.6. The van der Waals surface area contributed by atoms with Gasteiger partial charge in [0.2, 0.25) is 0 Å². The maximum absolute atomic E-state index is 12.9. The third kappa shape index (κ3) is 4.83. The average molecular weight is 462 g/mol. The molecule has 33 heavy (non-hydrogen) atoms. The standard InChI is InChI=1S/C24H25F3N2O4/c25-24(26,27)20-7-1-16(2-8-20)17-9-12-28(13-10-17)21(30)18-3-5-19(6-4-18)23(33)11-14-29(15-23)22(31)32/h1-8,17,33H,9-15H2,(H,31,32)/t23-/m1/s1. The minimum atomic E-state index is -4.35. The molecule has 9 heteroatoms. The van der Waals surface area contributed by atoms with Gasteiger partial charge in [0.05, 0.1) is 12.1 Å². The number of hydrogen-bond acceptors (Lipinski definition) is 3. The SMILES string of the molecule is O=C(O)N1CC[C@](O)(c2ccc(C(=O)N3CCC(c4ccc(C(F)(F)F)cc4)CC3)cc2)C1. The lowest BCUT2D eigenvalue weighted by molar-refractivity contribution is -0.137. The van der Waals surface area contributed by atoms with Gasteiger partial charge in [0.15, 0.2) is 0 Å². The van der Waals surface area contributed by atoms with E-state index in [9.17, 15) is 27.9 Å². The number of likely N-dealkylation sites (tertiary alicyclic amines) is 2. The summed E-state index contributed by atoms with van der Waals surface area (Å²) in [6.07, 6.45) is -3.80. The summed E-state index contributed by atoms with van der Waals surface area (Å²) in [6, 6.07) is 11.8. The van der Waals surface area contributed by atoms with Crippen LogP contribution in [0, 0.1) is 0 Å². The second-order valence-electron chi connectivity index (χ2n) is 8.75. The van der Waals surface area contributed by atoms with Crippen molar-refractivity contribution >= 4 is 12.0 Å². The molecule has 2 heterocycles. The van der Waals surface area contributed by atoms with Gasteiger partial charge in [-0.05, 0) is 60.6 Å². The number of rotatable bonds is 3. The maximum atomic E-state index is 12.9. The average Bonchev–Trinajstić information content (AvgIpc) is 3.22. The molecule has 2 aliphatic heterocycles. The van der Waals surface area contributed by atoms with Crippen LogP contribution in [0.3, 0.4) is 0 Å². The van der Waals surface area contributed by atoms with E-state index in [2.05, 4.69) is 0 Å². The van der Waals surface area contributed by atoms with E-state index in [0.29, 0.717) is 43.5 Å². The number of amides is 2. The molecule has 0 bridgehead atoms. The van der Waals surface area contributed by atoms with Crippen LogP contribution in [0.25, 0.3) is 0 Å². The summed E-state index contributed by atoms with van der Waals surface area (Å²) in [6.45, 7) is 1.25. The second kappa shape index (κ2) is 8.70. The highest BCUT2D eigenvalue weighted by molar-refractivity contribution is 5.94. The lowest BCUT2D eigenvalue weighted by Crippen LogP contribution is -2.38. The largest absolute Gasteiger partial charge is 0.465 e. The number of aliphatic hydroxyl groups is 1. The summed E-state index contributed by atoms with van der Waals surface area (Å²) < 4.78 is 38.3. The molecule has 0 unspecified atom stereocenters. The van der Waals surface area contributed by atoms with Crippen LogP contribution >= 0.6 is 0 Å². The maximum Gasteiger partial charge on any atom is 0.416 e. The molecule has 4 rings (SSSR count). The van der Waals surface area contributed by atoms with Gasteiger partial charge in [0, 0.05) is 25.2 Å². The highest BCUT2D eigenvalue weighted by Crippen LogP contribution is 2.34. The van der Waals surface area contributed by atoms with Crippen molar-refractivity contribution in [3.63, 3.8) is 0 Å². The minimum absolute atomic E-state index is 0.00686. The number of hydrogen-bond donors (Lipinski definition) is 2. The zero-order valence-corrected chi connectivity index (χ0v) is 17.9. The molecule has 1 atom stereocenters. The Bertz CT molecular complexity index is 1020. The Morgan fingerprint density at radius 2 is 1.52 bits per heavy atom. The van der Waals surface area contributed by atoms with E-state index < -0.39 is 23.4 Å². The Balaban J connectivity index is 1.36. The highest BCUT2D eigenvalue weighted by atomic mass is 19.4. The summed E-state index contributed by atoms with van der Waals surface area (Å²) in [4.78, 5) is 26.9. The van der Waals surface area contributed by atoms with Gasteiger partial charge < -0.3 is 20.0 Å². The van der Waals surface area contributed by atoms with Crippen LogP contribution in [0.1, 0.15) is 52.2 Å². The third-order valence-electron chi connectivity index (χ3n) is 6.68. The van der Waals surface area contributed by atoms with Crippen molar-refractivity contribution in [3.05, 3.63) is 70.8 Å². The molecule has 2 fully saturated rings. The summed E-state index contributed by atoms with van der Waals surface area (Å²) in [5, 5.41) is 19.9. The minimum Gasteiger partial charge on any atom is -0.465 e. The molecular weight excluding hydrogens is 437 g/mol. The Morgan fingerprint density at radius 3 is 2.03 bits per heavy atom. The summed E-state index contributed by atoms with van der Waals surface area (Å²) in [5.41, 5.74) is -0.0351. The van der Waals surface area contributed by atoms with Crippen molar-refractivity contribution in [1.29, 1.82) is 0 Å². The molecule has 0 spiro atoms. The fourth-order valence-corrected chi connectivity index (χ4v) is 4.66. The molecule has 2 N–H and O–H groups in total. The van der Waals surface area contributed by atoms with Crippen molar-refractivity contribution in [3.8, 4) is 0 Å². The lowest BCUT2D eigenvalue weighted by Gasteiger charge is -2.32. The number of piperidine rings is 1. The smallest absolute Gasteiger partial charge is 0.416 e. The van der Waals surface area contributed by atoms with Gasteiger partial charge in [-0.1, -0.05) is 24.3 Å². The lowest BCUT2D eigenvalue weighted by atomic mass is 9.88. The second-order valence-corrected chi connectivity index (χ2v) is 8.75. The number of carbonyl (C=O) groups excluding carboxylic acids is 1. The number of β-amino-alcohol motifs (C(OH)–C–C–N with tert-alkyl or cyclic N) is 1. The van der Waals surface area contributed by atoms with Crippen LogP contribution in [0.15, 0.2) is 48.5 Å². The molecule has 2 aromatic rings. The van der Waals surface area contributed by atoms with Gasteiger partial charge in [-0.25, -0.2) is 4.79 Å². The van der Waals surface area contributed by atoms with Crippen molar-refractivity contribution in [1.82, 2.24) is 9.80 Å². The molecule has 0 saturated carbocycles. The highest BCUT2D eigenvalue weighted by Gasteiger charge is 2.39. The van der Waals surface area contributed by atoms with Gasteiger partial charge in [0.1, 0.15) is 5.60 Å². The number of carboxylic acid groups (broad SMARTS) is 1. The first-order valence-corrected chi connectivity index (χ1v) is 10.8. The normalized spacial score (nSPS) is 21.9. The van der Waals surface area contributed by atoms with Gasteiger partial charge in [-0.3, -0.25) is 4.79 Å². The van der Waals surface area contributed by atoms with Gasteiger partial charge in [0.25, 0.3) is 5.91 Å². The topological polar surface area (TPSA) is 81.1 Å². The van der Waals surface area contributed by atoms with Crippen molar-refractivity contribution in [2.24, 2.45) is 0 Å². The molecule has 2 amide bonds. The van der Waals surface area contributed by atoms with Crippen molar-refractivity contribution < 1.29 is 33.0 Å². The van der Waals surface area contributed by atoms with Crippen LogP contribution in [0.4, 0.5) is 18.0 Å². The van der Waals surface area contributed by atoms with Gasteiger partial charge in [-0.2, -0.15) is 13.2 Å². The molecule has 0 aliphatic carbocycles. The molecule has 2 aromatic carbocycles. The van der Waals surface area contributed by atoms with Crippen LogP contribution in [0.2, 0.25) is 0 Å². The number of nitrogens with zero attached hydrogens (tertiary/aromatic N) is 2. The molecule has 2 saturated heterocycles. The van der Waals surface area contributed by atoms with Crippen molar-refractivity contribution in [2.45, 2.75) is 37.0 Å². The quantitative estimate of drug-likeness (QED) is 0.713. The summed E-state index contributed by atoms with van der Waals surface area (Å²) in [5.74, 6) is -0.0366. The number of alkyl halides is 3. The zero-order chi connectivity index (χ0) is 23.8. The predicted molar refractivity (Wildman–Crippen MR) is 114 cm³/mol. The van der Waals surface area contributed by atoms with Crippen LogP contribution in [-0.2, 0) is 11.8 Å². The Kier molecular flexibility index (Phi) is 6.09. The molecule has 176 valence electrons. The number of carbonyl (C=O) groups is 2. The monoisotopic (exact) mass is 462 g/mol. The van der Waals surface area contributed by atoms with E-state index >= 15 is 0 Å². The number of halogens is 3. The summed E-state index contributed by atoms with van der Waals surface area (Å²) >= 11 is 0. The Morgan fingerprint density at radius 1 is 0.909 bits per heavy atom. The first-order valence-electron chi connectivity index (χ1n) is 10.8. The van der Waals surface area contributed by atoms with E-state index in [1.807, 2.05) is 0 Å². The van der Waals surface area contributed by atoms with E-state index in [4.69, 9.17) is 5.11 Å². The number of benzene rings is 2. The molecular formula is C24H25F3N2O4. The molecule has 6 nitrogen and oxygen atoms in total. The first kappa shape index (κ1) is 23.1. The Labute approximate surface area is 189 Å². The van der Waals surface area contributed by atoms with E-state index in [-0.39, 0.29) is 24.9 Å².